The zero-order valence-corrected chi connectivity index (χ0v) is 13.4. The fourth-order valence-electron chi connectivity index (χ4n) is 1.74. The Morgan fingerprint density at radius 1 is 1.08 bits per heavy atom. The van der Waals surface area contributed by atoms with E-state index >= 15 is 0 Å². The molecule has 6 nitrogen and oxygen atoms in total. The second-order valence-electron chi connectivity index (χ2n) is 4.85. The second-order valence-corrected chi connectivity index (χ2v) is 6.39. The summed E-state index contributed by atoms with van der Waals surface area (Å²) in [5, 5.41) is 9.45. The first-order chi connectivity index (χ1) is 11.5. The van der Waals surface area contributed by atoms with E-state index < -0.39 is 21.4 Å². The van der Waals surface area contributed by atoms with Crippen LogP contribution in [0.1, 0.15) is 15.9 Å². The predicted octanol–water partition coefficient (Wildman–Crippen LogP) is 3.53. The van der Waals surface area contributed by atoms with Crippen LogP contribution >= 0.6 is 0 Å². The lowest BCUT2D eigenvalue weighted by Crippen LogP contribution is -2.28. The smallest absolute Gasteiger partial charge is 0.508 e. The number of aryl methyl sites for hydroxylation is 1. The van der Waals surface area contributed by atoms with Gasteiger partial charge in [-0.2, -0.15) is 21.6 Å². The van der Waals surface area contributed by atoms with Gasteiger partial charge in [-0.15, -0.1) is 0 Å². The first-order valence-corrected chi connectivity index (χ1v) is 8.02. The molecule has 0 amide bonds. The molecule has 2 rings (SSSR count). The summed E-state index contributed by atoms with van der Waals surface area (Å²) in [6, 6.07) is 6.88. The number of phenols is 1. The monoisotopic (exact) mass is 376 g/mol. The lowest BCUT2D eigenvalue weighted by atomic mass is 10.2. The van der Waals surface area contributed by atoms with E-state index in [4.69, 9.17) is 4.74 Å². The highest BCUT2D eigenvalue weighted by Gasteiger charge is 2.48. The third-order valence-corrected chi connectivity index (χ3v) is 3.97. The van der Waals surface area contributed by atoms with Crippen molar-refractivity contribution in [2.24, 2.45) is 0 Å². The number of benzene rings is 2. The van der Waals surface area contributed by atoms with Crippen LogP contribution in [-0.4, -0.2) is 25.3 Å². The Labute approximate surface area is 140 Å². The third-order valence-electron chi connectivity index (χ3n) is 2.99. The highest BCUT2D eigenvalue weighted by atomic mass is 32.2. The number of alkyl halides is 3. The van der Waals surface area contributed by atoms with E-state index in [1.807, 2.05) is 0 Å². The molecule has 0 unspecified atom stereocenters. The highest BCUT2D eigenvalue weighted by Crippen LogP contribution is 2.34. The van der Waals surface area contributed by atoms with Crippen LogP contribution in [0.5, 0.6) is 23.0 Å². The van der Waals surface area contributed by atoms with Crippen molar-refractivity contribution in [2.75, 3.05) is 0 Å². The van der Waals surface area contributed by atoms with Crippen molar-refractivity contribution in [3.8, 4) is 23.0 Å². The average Bonchev–Trinajstić information content (AvgIpc) is 2.49. The van der Waals surface area contributed by atoms with Gasteiger partial charge in [-0.1, -0.05) is 6.07 Å². The molecule has 0 aliphatic rings. The molecule has 0 fully saturated rings. The number of phenolic OH excluding ortho intramolecular Hbond substituents is 1. The number of ether oxygens (including phenoxy) is 1. The van der Waals surface area contributed by atoms with E-state index in [9.17, 15) is 31.5 Å². The maximum Gasteiger partial charge on any atom is 0.534 e. The number of carbonyl (C=O) groups is 1. The molecule has 0 aromatic heterocycles. The van der Waals surface area contributed by atoms with Crippen LogP contribution in [0, 0.1) is 6.92 Å². The van der Waals surface area contributed by atoms with E-state index in [1.54, 1.807) is 6.92 Å². The Balaban J connectivity index is 2.38. The lowest BCUT2D eigenvalue weighted by Gasteiger charge is -2.13. The SMILES string of the molecule is Cc1ccc(OS(=O)(=O)C(F)(F)F)cc1Oc1cc(O)ccc1C=O. The van der Waals surface area contributed by atoms with E-state index in [2.05, 4.69) is 4.18 Å². The summed E-state index contributed by atoms with van der Waals surface area (Å²) in [6.45, 7) is 1.54. The van der Waals surface area contributed by atoms with Crippen LogP contribution in [0.2, 0.25) is 0 Å². The molecule has 0 spiro atoms. The first kappa shape index (κ1) is 18.6. The molecule has 10 heteroatoms. The predicted molar refractivity (Wildman–Crippen MR) is 80.4 cm³/mol. The van der Waals surface area contributed by atoms with Gasteiger partial charge >= 0.3 is 15.6 Å². The Hall–Kier alpha value is -2.75. The molecule has 0 heterocycles. The second kappa shape index (κ2) is 6.63. The highest BCUT2D eigenvalue weighted by molar-refractivity contribution is 7.88. The van der Waals surface area contributed by atoms with Gasteiger partial charge in [0.25, 0.3) is 0 Å². The summed E-state index contributed by atoms with van der Waals surface area (Å²) in [5.74, 6) is -0.937. The molecule has 0 saturated heterocycles. The number of hydrogen-bond acceptors (Lipinski definition) is 6. The van der Waals surface area contributed by atoms with Gasteiger partial charge < -0.3 is 14.0 Å². The van der Waals surface area contributed by atoms with Gasteiger partial charge in [0.1, 0.15) is 23.0 Å². The summed E-state index contributed by atoms with van der Waals surface area (Å²) in [4.78, 5) is 11.0. The van der Waals surface area contributed by atoms with Crippen LogP contribution in [0.25, 0.3) is 0 Å². The van der Waals surface area contributed by atoms with Gasteiger partial charge in [0, 0.05) is 12.1 Å². The van der Waals surface area contributed by atoms with Gasteiger partial charge in [0.05, 0.1) is 5.56 Å². The van der Waals surface area contributed by atoms with Crippen LogP contribution in [0.4, 0.5) is 13.2 Å². The summed E-state index contributed by atoms with van der Waals surface area (Å²) >= 11 is 0. The Bertz CT molecular complexity index is 906. The molecular formula is C15H11F3O6S. The van der Waals surface area contributed by atoms with Gasteiger partial charge in [-0.3, -0.25) is 4.79 Å². The maximum atomic E-state index is 12.4. The molecule has 134 valence electrons. The molecule has 2 aromatic rings. The standard InChI is InChI=1S/C15H11F3O6S/c1-9-2-5-12(24-25(21,22)15(16,17)18)7-13(9)23-14-6-11(20)4-3-10(14)8-19/h2-8,20H,1H3. The van der Waals surface area contributed by atoms with Crippen LogP contribution < -0.4 is 8.92 Å². The summed E-state index contributed by atoms with van der Waals surface area (Å²) in [6.07, 6.45) is 0.457. The summed E-state index contributed by atoms with van der Waals surface area (Å²) in [5.41, 5.74) is -5.07. The Morgan fingerprint density at radius 3 is 2.36 bits per heavy atom. The van der Waals surface area contributed by atoms with Gasteiger partial charge in [-0.25, -0.2) is 0 Å². The van der Waals surface area contributed by atoms with Gasteiger partial charge in [0.2, 0.25) is 0 Å². The van der Waals surface area contributed by atoms with E-state index in [1.165, 1.54) is 18.2 Å². The maximum absolute atomic E-state index is 12.4. The number of aldehydes is 1. The number of halogens is 3. The topological polar surface area (TPSA) is 89.9 Å². The minimum absolute atomic E-state index is 0.0522. The van der Waals surface area contributed by atoms with Gasteiger partial charge in [-0.05, 0) is 30.7 Å². The van der Waals surface area contributed by atoms with E-state index in [0.29, 0.717) is 11.8 Å². The normalized spacial score (nSPS) is 11.8. The minimum atomic E-state index is -5.82. The fraction of sp³-hybridized carbons (Fsp3) is 0.133. The number of rotatable bonds is 5. The van der Waals surface area contributed by atoms with Crippen molar-refractivity contribution in [3.05, 3.63) is 47.5 Å². The molecule has 0 atom stereocenters. The minimum Gasteiger partial charge on any atom is -0.508 e. The molecule has 0 aliphatic carbocycles. The first-order valence-electron chi connectivity index (χ1n) is 6.61. The largest absolute Gasteiger partial charge is 0.534 e. The lowest BCUT2D eigenvalue weighted by molar-refractivity contribution is -0.0500. The average molecular weight is 376 g/mol. The summed E-state index contributed by atoms with van der Waals surface area (Å²) in [7, 11) is -5.82. The number of aromatic hydroxyl groups is 1. The molecule has 0 saturated carbocycles. The molecule has 2 aromatic carbocycles. The zero-order valence-electron chi connectivity index (χ0n) is 12.6. The number of hydrogen-bond donors (Lipinski definition) is 1. The van der Waals surface area contributed by atoms with E-state index in [0.717, 1.165) is 18.2 Å². The quantitative estimate of drug-likeness (QED) is 0.488. The van der Waals surface area contributed by atoms with Crippen molar-refractivity contribution < 1.29 is 40.4 Å². The molecule has 0 bridgehead atoms. The van der Waals surface area contributed by atoms with Crippen LogP contribution in [-0.2, 0) is 10.1 Å². The Kier molecular flexibility index (Phi) is 4.93. The molecule has 1 N–H and O–H groups in total. The fourth-order valence-corrected chi connectivity index (χ4v) is 2.19. The van der Waals surface area contributed by atoms with E-state index in [-0.39, 0.29) is 22.8 Å². The molecule has 0 aliphatic heterocycles. The van der Waals surface area contributed by atoms with Gasteiger partial charge in [0.15, 0.2) is 6.29 Å². The van der Waals surface area contributed by atoms with Crippen molar-refractivity contribution in [3.63, 3.8) is 0 Å². The van der Waals surface area contributed by atoms with Crippen molar-refractivity contribution in [1.82, 2.24) is 0 Å². The zero-order chi connectivity index (χ0) is 18.8. The summed E-state index contributed by atoms with van der Waals surface area (Å²) < 4.78 is 68.7. The van der Waals surface area contributed by atoms with Crippen LogP contribution in [0.3, 0.4) is 0 Å². The number of carbonyl (C=O) groups excluding carboxylic acids is 1. The molecule has 0 radical (unpaired) electrons. The Morgan fingerprint density at radius 2 is 1.76 bits per heavy atom. The van der Waals surface area contributed by atoms with Crippen molar-refractivity contribution in [1.29, 1.82) is 0 Å². The molecule has 25 heavy (non-hydrogen) atoms. The van der Waals surface area contributed by atoms with Crippen molar-refractivity contribution in [2.45, 2.75) is 12.4 Å². The third kappa shape index (κ3) is 4.21. The molecular weight excluding hydrogens is 365 g/mol. The van der Waals surface area contributed by atoms with Crippen LogP contribution in [0.15, 0.2) is 36.4 Å². The van der Waals surface area contributed by atoms with Crippen molar-refractivity contribution >= 4 is 16.4 Å².